The van der Waals surface area contributed by atoms with E-state index in [4.69, 9.17) is 10.00 Å². The van der Waals surface area contributed by atoms with Crippen molar-refractivity contribution in [1.29, 1.82) is 5.26 Å². The summed E-state index contributed by atoms with van der Waals surface area (Å²) in [5.74, 6) is -0.597. The summed E-state index contributed by atoms with van der Waals surface area (Å²) >= 11 is 0. The second-order valence-electron chi connectivity index (χ2n) is 4.94. The van der Waals surface area contributed by atoms with E-state index in [9.17, 15) is 9.59 Å². The second kappa shape index (κ2) is 6.16. The molecule has 0 saturated heterocycles. The van der Waals surface area contributed by atoms with Gasteiger partial charge < -0.3 is 9.72 Å². The molecule has 5 heteroatoms. The highest BCUT2D eigenvalue weighted by Crippen LogP contribution is 2.17. The molecule has 2 aromatic carbocycles. The third kappa shape index (κ3) is 2.97. The van der Waals surface area contributed by atoms with Gasteiger partial charge in [-0.3, -0.25) is 4.79 Å². The zero-order valence-corrected chi connectivity index (χ0v) is 12.1. The quantitative estimate of drug-likeness (QED) is 0.754. The van der Waals surface area contributed by atoms with E-state index in [1.54, 1.807) is 48.5 Å². The van der Waals surface area contributed by atoms with E-state index < -0.39 is 5.97 Å². The number of pyridine rings is 1. The minimum Gasteiger partial charge on any atom is -0.457 e. The lowest BCUT2D eigenvalue weighted by Gasteiger charge is -2.08. The standard InChI is InChI=1S/C18H12N2O3/c19-10-12-5-1-2-6-13(12)11-23-18(22)15-9-17(21)20-16-8-4-3-7-14(15)16/h1-9H,11H2,(H,20,21). The van der Waals surface area contributed by atoms with E-state index in [0.29, 0.717) is 22.0 Å². The number of carbonyl (C=O) groups excluding carboxylic acids is 1. The number of hydrogen-bond donors (Lipinski definition) is 1. The van der Waals surface area contributed by atoms with Gasteiger partial charge in [0.1, 0.15) is 6.61 Å². The van der Waals surface area contributed by atoms with Gasteiger partial charge in [0, 0.05) is 22.5 Å². The normalized spacial score (nSPS) is 10.2. The molecule has 1 N–H and O–H groups in total. The van der Waals surface area contributed by atoms with Gasteiger partial charge in [0.2, 0.25) is 5.56 Å². The highest BCUT2D eigenvalue weighted by Gasteiger charge is 2.14. The number of carbonyl (C=O) groups is 1. The van der Waals surface area contributed by atoms with Crippen molar-refractivity contribution in [2.45, 2.75) is 6.61 Å². The molecule has 0 aliphatic carbocycles. The Morgan fingerprint density at radius 1 is 1.13 bits per heavy atom. The Morgan fingerprint density at radius 2 is 1.87 bits per heavy atom. The molecule has 1 aromatic heterocycles. The van der Waals surface area contributed by atoms with Gasteiger partial charge in [0.15, 0.2) is 0 Å². The fraction of sp³-hybridized carbons (Fsp3) is 0.0556. The van der Waals surface area contributed by atoms with Gasteiger partial charge in [-0.15, -0.1) is 0 Å². The molecule has 5 nitrogen and oxygen atoms in total. The summed E-state index contributed by atoms with van der Waals surface area (Å²) in [5, 5.41) is 9.66. The highest BCUT2D eigenvalue weighted by molar-refractivity contribution is 6.03. The largest absolute Gasteiger partial charge is 0.457 e. The van der Waals surface area contributed by atoms with Crippen LogP contribution in [0.5, 0.6) is 0 Å². The molecular weight excluding hydrogens is 292 g/mol. The summed E-state index contributed by atoms with van der Waals surface area (Å²) < 4.78 is 5.28. The number of aromatic nitrogens is 1. The van der Waals surface area contributed by atoms with Crippen molar-refractivity contribution in [1.82, 2.24) is 4.98 Å². The molecule has 0 aliphatic rings. The molecule has 3 aromatic rings. The number of esters is 1. The molecule has 0 atom stereocenters. The zero-order valence-electron chi connectivity index (χ0n) is 12.1. The van der Waals surface area contributed by atoms with E-state index >= 15 is 0 Å². The first kappa shape index (κ1) is 14.5. The maximum absolute atomic E-state index is 12.3. The predicted molar refractivity (Wildman–Crippen MR) is 84.8 cm³/mol. The average Bonchev–Trinajstić information content (AvgIpc) is 2.59. The first-order valence-electron chi connectivity index (χ1n) is 6.96. The number of para-hydroxylation sites is 1. The third-order valence-corrected chi connectivity index (χ3v) is 3.47. The van der Waals surface area contributed by atoms with Crippen LogP contribution in [-0.4, -0.2) is 11.0 Å². The molecule has 3 rings (SSSR count). The summed E-state index contributed by atoms with van der Waals surface area (Å²) in [6, 6.07) is 17.2. The van der Waals surface area contributed by atoms with Crippen LogP contribution in [0.15, 0.2) is 59.4 Å². The summed E-state index contributed by atoms with van der Waals surface area (Å²) in [6.45, 7) is -0.0241. The van der Waals surface area contributed by atoms with Crippen molar-refractivity contribution in [2.24, 2.45) is 0 Å². The third-order valence-electron chi connectivity index (χ3n) is 3.47. The molecule has 0 amide bonds. The SMILES string of the molecule is N#Cc1ccccc1COC(=O)c1cc(=O)[nH]c2ccccc12. The van der Waals surface area contributed by atoms with Crippen molar-refractivity contribution < 1.29 is 9.53 Å². The number of aromatic amines is 1. The number of nitriles is 1. The minimum absolute atomic E-state index is 0.0241. The zero-order chi connectivity index (χ0) is 16.2. The average molecular weight is 304 g/mol. The number of nitrogens with one attached hydrogen (secondary N) is 1. The Hall–Kier alpha value is -3.39. The summed E-state index contributed by atoms with van der Waals surface area (Å²) in [5.41, 5.74) is 1.49. The van der Waals surface area contributed by atoms with Crippen LogP contribution in [0, 0.1) is 11.3 Å². The van der Waals surface area contributed by atoms with Crippen LogP contribution in [0.4, 0.5) is 0 Å². The molecule has 0 fully saturated rings. The lowest BCUT2D eigenvalue weighted by atomic mass is 10.1. The fourth-order valence-corrected chi connectivity index (χ4v) is 2.35. The van der Waals surface area contributed by atoms with E-state index in [1.807, 2.05) is 0 Å². The topological polar surface area (TPSA) is 82.9 Å². The van der Waals surface area contributed by atoms with Crippen LogP contribution < -0.4 is 5.56 Å². The molecule has 23 heavy (non-hydrogen) atoms. The fourth-order valence-electron chi connectivity index (χ4n) is 2.35. The Bertz CT molecular complexity index is 983. The van der Waals surface area contributed by atoms with Crippen LogP contribution in [0.25, 0.3) is 10.9 Å². The Kier molecular flexibility index (Phi) is 3.89. The molecule has 0 spiro atoms. The lowest BCUT2D eigenvalue weighted by molar-refractivity contribution is 0.0474. The minimum atomic E-state index is -0.597. The van der Waals surface area contributed by atoms with Crippen LogP contribution in [0.2, 0.25) is 0 Å². The smallest absolute Gasteiger partial charge is 0.339 e. The molecule has 0 aliphatic heterocycles. The van der Waals surface area contributed by atoms with Crippen molar-refractivity contribution in [3.8, 4) is 6.07 Å². The van der Waals surface area contributed by atoms with Gasteiger partial charge in [-0.1, -0.05) is 36.4 Å². The van der Waals surface area contributed by atoms with Gasteiger partial charge in [-0.05, 0) is 12.1 Å². The molecule has 0 bridgehead atoms. The molecule has 0 saturated carbocycles. The molecule has 0 radical (unpaired) electrons. The number of benzene rings is 2. The van der Waals surface area contributed by atoms with E-state index in [2.05, 4.69) is 11.1 Å². The Labute approximate surface area is 131 Å². The Balaban J connectivity index is 1.90. The van der Waals surface area contributed by atoms with Crippen molar-refractivity contribution in [3.05, 3.63) is 81.6 Å². The maximum Gasteiger partial charge on any atom is 0.339 e. The molecular formula is C18H12N2O3. The number of rotatable bonds is 3. The molecule has 0 unspecified atom stereocenters. The summed E-state index contributed by atoms with van der Waals surface area (Å²) in [4.78, 5) is 26.7. The van der Waals surface area contributed by atoms with Crippen LogP contribution >= 0.6 is 0 Å². The van der Waals surface area contributed by atoms with Gasteiger partial charge >= 0.3 is 5.97 Å². The highest BCUT2D eigenvalue weighted by atomic mass is 16.5. The van der Waals surface area contributed by atoms with Crippen LogP contribution in [-0.2, 0) is 11.3 Å². The van der Waals surface area contributed by atoms with Gasteiger partial charge in [-0.2, -0.15) is 5.26 Å². The number of fused-ring (bicyclic) bond motifs is 1. The summed E-state index contributed by atoms with van der Waals surface area (Å²) in [7, 11) is 0. The van der Waals surface area contributed by atoms with Gasteiger partial charge in [0.05, 0.1) is 17.2 Å². The van der Waals surface area contributed by atoms with Crippen molar-refractivity contribution in [3.63, 3.8) is 0 Å². The number of hydrogen-bond acceptors (Lipinski definition) is 4. The van der Waals surface area contributed by atoms with Gasteiger partial charge in [-0.25, -0.2) is 4.79 Å². The number of nitrogens with zero attached hydrogens (tertiary/aromatic N) is 1. The Morgan fingerprint density at radius 3 is 2.70 bits per heavy atom. The molecule has 112 valence electrons. The monoisotopic (exact) mass is 304 g/mol. The van der Waals surface area contributed by atoms with E-state index in [-0.39, 0.29) is 17.7 Å². The first-order valence-corrected chi connectivity index (χ1v) is 6.96. The molecule has 1 heterocycles. The number of ether oxygens (including phenoxy) is 1. The van der Waals surface area contributed by atoms with Crippen LogP contribution in [0.3, 0.4) is 0 Å². The number of H-pyrrole nitrogens is 1. The van der Waals surface area contributed by atoms with Crippen molar-refractivity contribution >= 4 is 16.9 Å². The van der Waals surface area contributed by atoms with Crippen LogP contribution in [0.1, 0.15) is 21.5 Å². The predicted octanol–water partition coefficient (Wildman–Crippen LogP) is 2.76. The lowest BCUT2D eigenvalue weighted by Crippen LogP contribution is -2.13. The van der Waals surface area contributed by atoms with E-state index in [0.717, 1.165) is 0 Å². The second-order valence-corrected chi connectivity index (χ2v) is 4.94. The maximum atomic E-state index is 12.3. The van der Waals surface area contributed by atoms with Gasteiger partial charge in [0.25, 0.3) is 0 Å². The van der Waals surface area contributed by atoms with E-state index in [1.165, 1.54) is 6.07 Å². The first-order chi connectivity index (χ1) is 11.2. The summed E-state index contributed by atoms with van der Waals surface area (Å²) in [6.07, 6.45) is 0. The van der Waals surface area contributed by atoms with Crippen molar-refractivity contribution in [2.75, 3.05) is 0 Å².